The number of methoxy groups -OCH3 is 2. The molecule has 2 heterocycles. The zero-order valence-electron chi connectivity index (χ0n) is 21.5. The maximum absolute atomic E-state index is 14.1. The Kier molecular flexibility index (Phi) is 7.57. The van der Waals surface area contributed by atoms with Crippen molar-refractivity contribution in [2.24, 2.45) is 0 Å². The molecule has 5 rings (SSSR count). The van der Waals surface area contributed by atoms with Crippen LogP contribution >= 0.6 is 0 Å². The number of ether oxygens (including phenoxy) is 2. The van der Waals surface area contributed by atoms with Gasteiger partial charge in [-0.1, -0.05) is 36.6 Å². The Bertz CT molecular complexity index is 1390. The number of amides is 2. The van der Waals surface area contributed by atoms with Crippen molar-refractivity contribution >= 4 is 28.5 Å². The summed E-state index contributed by atoms with van der Waals surface area (Å²) in [6.07, 6.45) is 6.61. The number of benzene rings is 2. The summed E-state index contributed by atoms with van der Waals surface area (Å²) in [7, 11) is 3.06. The number of para-hydroxylation sites is 1. The van der Waals surface area contributed by atoms with E-state index >= 15 is 0 Å². The standard InChI is InChI=1S/C28H31N5O5/c1-36-23-15-14-20(17-25(23)37-2)33(26(34)18-32-22-12-7-6-11-21(22)30-31-32)27(24-13-8-16-38-24)28(35)29-19-9-4-3-5-10-19/h6-8,11-17,19,27H,3-5,9-10,18H2,1-2H3,(H,29,35)/t27-/m1/s1. The summed E-state index contributed by atoms with van der Waals surface area (Å²) < 4.78 is 18.2. The van der Waals surface area contributed by atoms with Crippen molar-refractivity contribution in [2.75, 3.05) is 19.1 Å². The van der Waals surface area contributed by atoms with Gasteiger partial charge in [0.25, 0.3) is 5.91 Å². The summed E-state index contributed by atoms with van der Waals surface area (Å²) in [5.74, 6) is 0.614. The lowest BCUT2D eigenvalue weighted by molar-refractivity contribution is -0.128. The van der Waals surface area contributed by atoms with Gasteiger partial charge in [0.2, 0.25) is 5.91 Å². The molecule has 1 aliphatic carbocycles. The average Bonchev–Trinajstić information content (AvgIpc) is 3.62. The minimum atomic E-state index is -1.05. The summed E-state index contributed by atoms with van der Waals surface area (Å²) in [5, 5.41) is 11.5. The van der Waals surface area contributed by atoms with Crippen molar-refractivity contribution in [2.45, 2.75) is 50.7 Å². The molecule has 198 valence electrons. The molecular weight excluding hydrogens is 486 g/mol. The third-order valence-electron chi connectivity index (χ3n) is 6.89. The van der Waals surface area contributed by atoms with Crippen LogP contribution in [0.15, 0.2) is 65.3 Å². The van der Waals surface area contributed by atoms with Crippen molar-refractivity contribution in [3.05, 3.63) is 66.6 Å². The molecule has 0 saturated heterocycles. The maximum Gasteiger partial charge on any atom is 0.251 e. The largest absolute Gasteiger partial charge is 0.493 e. The predicted octanol–water partition coefficient (Wildman–Crippen LogP) is 4.26. The molecule has 0 radical (unpaired) electrons. The predicted molar refractivity (Wildman–Crippen MR) is 141 cm³/mol. The number of carbonyl (C=O) groups is 2. The minimum absolute atomic E-state index is 0.0512. The maximum atomic E-state index is 14.1. The summed E-state index contributed by atoms with van der Waals surface area (Å²) >= 11 is 0. The lowest BCUT2D eigenvalue weighted by Crippen LogP contribution is -2.48. The molecule has 1 atom stereocenters. The highest BCUT2D eigenvalue weighted by molar-refractivity contribution is 6.01. The summed E-state index contributed by atoms with van der Waals surface area (Å²) in [6.45, 7) is -0.136. The van der Waals surface area contributed by atoms with Gasteiger partial charge >= 0.3 is 0 Å². The first-order valence-corrected chi connectivity index (χ1v) is 12.7. The molecule has 4 aromatic rings. The van der Waals surface area contributed by atoms with Crippen molar-refractivity contribution in [3.63, 3.8) is 0 Å². The third kappa shape index (κ3) is 5.20. The van der Waals surface area contributed by atoms with Gasteiger partial charge in [-0.05, 0) is 49.2 Å². The van der Waals surface area contributed by atoms with E-state index in [2.05, 4.69) is 15.6 Å². The number of hydrogen-bond acceptors (Lipinski definition) is 7. The second-order valence-electron chi connectivity index (χ2n) is 9.30. The first kappa shape index (κ1) is 25.3. The van der Waals surface area contributed by atoms with E-state index in [9.17, 15) is 9.59 Å². The summed E-state index contributed by atoms with van der Waals surface area (Å²) in [5.41, 5.74) is 1.85. The smallest absolute Gasteiger partial charge is 0.251 e. The molecule has 1 aliphatic rings. The van der Waals surface area contributed by atoms with E-state index < -0.39 is 6.04 Å². The fourth-order valence-corrected chi connectivity index (χ4v) is 5.00. The molecule has 1 fully saturated rings. The lowest BCUT2D eigenvalue weighted by Gasteiger charge is -2.32. The molecule has 0 aliphatic heterocycles. The highest BCUT2D eigenvalue weighted by Gasteiger charge is 2.36. The first-order valence-electron chi connectivity index (χ1n) is 12.7. The molecule has 0 spiro atoms. The van der Waals surface area contributed by atoms with Gasteiger partial charge in [-0.15, -0.1) is 5.10 Å². The molecular formula is C28H31N5O5. The zero-order valence-corrected chi connectivity index (χ0v) is 21.5. The number of anilines is 1. The van der Waals surface area contributed by atoms with Crippen LogP contribution in [0.4, 0.5) is 5.69 Å². The Hall–Kier alpha value is -4.34. The van der Waals surface area contributed by atoms with Crippen LogP contribution in [-0.2, 0) is 16.1 Å². The average molecular weight is 518 g/mol. The fourth-order valence-electron chi connectivity index (χ4n) is 5.00. The molecule has 1 saturated carbocycles. The molecule has 10 nitrogen and oxygen atoms in total. The van der Waals surface area contributed by atoms with Gasteiger partial charge in [-0.25, -0.2) is 4.68 Å². The van der Waals surface area contributed by atoms with E-state index in [1.165, 1.54) is 23.0 Å². The number of fused-ring (bicyclic) bond motifs is 1. The van der Waals surface area contributed by atoms with Crippen LogP contribution in [0.2, 0.25) is 0 Å². The SMILES string of the molecule is COc1ccc(N(C(=O)Cn2nnc3ccccc32)[C@@H](C(=O)NC2CCCCC2)c2ccco2)cc1OC. The minimum Gasteiger partial charge on any atom is -0.493 e. The van der Waals surface area contributed by atoms with Crippen LogP contribution in [0.1, 0.15) is 43.9 Å². The second-order valence-corrected chi connectivity index (χ2v) is 9.30. The number of hydrogen-bond donors (Lipinski definition) is 1. The van der Waals surface area contributed by atoms with Crippen LogP contribution in [-0.4, -0.2) is 47.1 Å². The van der Waals surface area contributed by atoms with E-state index in [0.29, 0.717) is 34.0 Å². The summed E-state index contributed by atoms with van der Waals surface area (Å²) in [6, 6.07) is 14.9. The Labute approximate surface area is 220 Å². The van der Waals surface area contributed by atoms with Crippen molar-refractivity contribution < 1.29 is 23.5 Å². The van der Waals surface area contributed by atoms with Crippen LogP contribution in [0.5, 0.6) is 11.5 Å². The zero-order chi connectivity index (χ0) is 26.5. The van der Waals surface area contributed by atoms with Crippen LogP contribution < -0.4 is 19.7 Å². The van der Waals surface area contributed by atoms with Gasteiger partial charge in [-0.2, -0.15) is 0 Å². The normalized spacial score (nSPS) is 14.7. The molecule has 0 unspecified atom stereocenters. The highest BCUT2D eigenvalue weighted by Crippen LogP contribution is 2.36. The van der Waals surface area contributed by atoms with Gasteiger partial charge in [-0.3, -0.25) is 14.5 Å². The number of nitrogens with zero attached hydrogens (tertiary/aromatic N) is 4. The number of carbonyl (C=O) groups excluding carboxylic acids is 2. The van der Waals surface area contributed by atoms with Crippen molar-refractivity contribution in [1.29, 1.82) is 0 Å². The lowest BCUT2D eigenvalue weighted by atomic mass is 9.95. The first-order chi connectivity index (χ1) is 18.6. The van der Waals surface area contributed by atoms with E-state index in [4.69, 9.17) is 13.9 Å². The monoisotopic (exact) mass is 517 g/mol. The van der Waals surface area contributed by atoms with E-state index in [0.717, 1.165) is 32.1 Å². The molecule has 2 aromatic heterocycles. The van der Waals surface area contributed by atoms with Crippen molar-refractivity contribution in [3.8, 4) is 11.5 Å². The molecule has 38 heavy (non-hydrogen) atoms. The fraction of sp³-hybridized carbons (Fsp3) is 0.357. The number of nitrogens with one attached hydrogen (secondary N) is 1. The Morgan fingerprint density at radius 3 is 2.58 bits per heavy atom. The molecule has 1 N–H and O–H groups in total. The quantitative estimate of drug-likeness (QED) is 0.353. The molecule has 2 aromatic carbocycles. The van der Waals surface area contributed by atoms with Gasteiger partial charge in [0.1, 0.15) is 17.8 Å². The Morgan fingerprint density at radius 2 is 1.84 bits per heavy atom. The topological polar surface area (TPSA) is 112 Å². The van der Waals surface area contributed by atoms with E-state index in [1.807, 2.05) is 24.3 Å². The van der Waals surface area contributed by atoms with Crippen LogP contribution in [0.3, 0.4) is 0 Å². The van der Waals surface area contributed by atoms with Crippen LogP contribution in [0.25, 0.3) is 11.0 Å². The third-order valence-corrected chi connectivity index (χ3v) is 6.89. The number of aromatic nitrogens is 3. The van der Waals surface area contributed by atoms with Crippen LogP contribution in [0, 0.1) is 0 Å². The molecule has 2 amide bonds. The Morgan fingerprint density at radius 1 is 1.05 bits per heavy atom. The van der Waals surface area contributed by atoms with Gasteiger partial charge < -0.3 is 19.2 Å². The van der Waals surface area contributed by atoms with Gasteiger partial charge in [0.05, 0.1) is 26.0 Å². The van der Waals surface area contributed by atoms with Gasteiger partial charge in [0, 0.05) is 17.8 Å². The molecule has 0 bridgehead atoms. The summed E-state index contributed by atoms with van der Waals surface area (Å²) in [4.78, 5) is 29.4. The van der Waals surface area contributed by atoms with Gasteiger partial charge in [0.15, 0.2) is 17.5 Å². The van der Waals surface area contributed by atoms with E-state index in [-0.39, 0.29) is 24.4 Å². The molecule has 10 heteroatoms. The second kappa shape index (κ2) is 11.4. The van der Waals surface area contributed by atoms with Crippen molar-refractivity contribution in [1.82, 2.24) is 20.3 Å². The Balaban J connectivity index is 1.56. The van der Waals surface area contributed by atoms with E-state index in [1.54, 1.807) is 37.4 Å². The number of furan rings is 1. The number of rotatable bonds is 9. The highest BCUT2D eigenvalue weighted by atomic mass is 16.5.